The number of allylic oxidation sites excluding steroid dienone is 2. The topological polar surface area (TPSA) is 37.3 Å². The Morgan fingerprint density at radius 2 is 2.36 bits per heavy atom. The summed E-state index contributed by atoms with van der Waals surface area (Å²) in [4.78, 5) is 10.1. The summed E-state index contributed by atoms with van der Waals surface area (Å²) in [6.45, 7) is 5.62. The molecule has 62 valence electrons. The van der Waals surface area contributed by atoms with E-state index in [4.69, 9.17) is 5.11 Å². The van der Waals surface area contributed by atoms with Gasteiger partial charge in [-0.25, -0.2) is 4.79 Å². The average molecular weight is 154 g/mol. The molecule has 0 aliphatic heterocycles. The van der Waals surface area contributed by atoms with E-state index in [0.717, 1.165) is 12.8 Å². The van der Waals surface area contributed by atoms with E-state index in [1.54, 1.807) is 12.2 Å². The predicted molar refractivity (Wildman–Crippen MR) is 45.4 cm³/mol. The fourth-order valence-corrected chi connectivity index (χ4v) is 0.814. The number of hydrogen-bond donors (Lipinski definition) is 1. The van der Waals surface area contributed by atoms with Crippen molar-refractivity contribution in [3.63, 3.8) is 0 Å². The molecule has 2 heteroatoms. The number of aliphatic carboxylic acids is 1. The fraction of sp³-hybridized carbons (Fsp3) is 0.444. The molecule has 0 fully saturated rings. The minimum atomic E-state index is -0.882. The van der Waals surface area contributed by atoms with E-state index in [0.29, 0.717) is 5.92 Å². The first kappa shape index (κ1) is 9.95. The second-order valence-corrected chi connectivity index (χ2v) is 2.39. The summed E-state index contributed by atoms with van der Waals surface area (Å²) in [6.07, 6.45) is 6.51. The van der Waals surface area contributed by atoms with Gasteiger partial charge in [-0.15, -0.1) is 6.58 Å². The minimum absolute atomic E-state index is 0.323. The molecule has 0 spiro atoms. The Labute approximate surface area is 67.2 Å². The summed E-state index contributed by atoms with van der Waals surface area (Å²) in [5.41, 5.74) is 0. The van der Waals surface area contributed by atoms with Crippen molar-refractivity contribution in [1.82, 2.24) is 0 Å². The molecule has 2 nitrogen and oxygen atoms in total. The highest BCUT2D eigenvalue weighted by Gasteiger charge is 1.98. The number of carboxylic acid groups (broad SMARTS) is 1. The van der Waals surface area contributed by atoms with E-state index in [9.17, 15) is 4.79 Å². The smallest absolute Gasteiger partial charge is 0.327 e. The molecule has 0 aliphatic rings. The Morgan fingerprint density at radius 1 is 1.73 bits per heavy atom. The van der Waals surface area contributed by atoms with Gasteiger partial charge in [0.1, 0.15) is 0 Å². The summed E-state index contributed by atoms with van der Waals surface area (Å²) >= 11 is 0. The van der Waals surface area contributed by atoms with Crippen LogP contribution < -0.4 is 0 Å². The van der Waals surface area contributed by atoms with Crippen molar-refractivity contribution < 1.29 is 9.90 Å². The molecule has 11 heavy (non-hydrogen) atoms. The Balaban J connectivity index is 3.85. The van der Waals surface area contributed by atoms with Crippen LogP contribution in [0.25, 0.3) is 0 Å². The highest BCUT2D eigenvalue weighted by Crippen LogP contribution is 2.09. The average Bonchev–Trinajstić information content (AvgIpc) is 1.97. The Morgan fingerprint density at radius 3 is 2.73 bits per heavy atom. The lowest BCUT2D eigenvalue weighted by atomic mass is 10.0. The van der Waals surface area contributed by atoms with Gasteiger partial charge in [0, 0.05) is 6.08 Å². The van der Waals surface area contributed by atoms with Crippen molar-refractivity contribution >= 4 is 5.97 Å². The molecule has 1 unspecified atom stereocenters. The summed E-state index contributed by atoms with van der Waals surface area (Å²) in [5, 5.41) is 8.31. The second-order valence-electron chi connectivity index (χ2n) is 2.39. The molecule has 0 radical (unpaired) electrons. The van der Waals surface area contributed by atoms with Gasteiger partial charge < -0.3 is 5.11 Å². The number of rotatable bonds is 5. The molecule has 0 saturated heterocycles. The SMILES string of the molecule is C=CCC(/C=C/C(=O)O)CC. The van der Waals surface area contributed by atoms with Crippen molar-refractivity contribution in [3.05, 3.63) is 24.8 Å². The molecule has 1 atom stereocenters. The van der Waals surface area contributed by atoms with Crippen LogP contribution in [-0.2, 0) is 4.79 Å². The van der Waals surface area contributed by atoms with Gasteiger partial charge in [-0.3, -0.25) is 0 Å². The van der Waals surface area contributed by atoms with Crippen LogP contribution in [0.15, 0.2) is 24.8 Å². The van der Waals surface area contributed by atoms with Gasteiger partial charge >= 0.3 is 5.97 Å². The van der Waals surface area contributed by atoms with Crippen LogP contribution in [0.1, 0.15) is 19.8 Å². The Bertz CT molecular complexity index is 159. The lowest BCUT2D eigenvalue weighted by molar-refractivity contribution is -0.131. The van der Waals surface area contributed by atoms with E-state index in [1.165, 1.54) is 6.08 Å². The van der Waals surface area contributed by atoms with Gasteiger partial charge in [-0.1, -0.05) is 19.1 Å². The summed E-state index contributed by atoms with van der Waals surface area (Å²) in [5.74, 6) is -0.559. The van der Waals surface area contributed by atoms with Crippen LogP contribution in [0.4, 0.5) is 0 Å². The second kappa shape index (κ2) is 5.71. The van der Waals surface area contributed by atoms with Crippen molar-refractivity contribution in [1.29, 1.82) is 0 Å². The quantitative estimate of drug-likeness (QED) is 0.487. The Kier molecular flexibility index (Phi) is 5.17. The number of carbonyl (C=O) groups is 1. The van der Waals surface area contributed by atoms with E-state index in [1.807, 2.05) is 6.92 Å². The third-order valence-electron chi connectivity index (χ3n) is 1.50. The van der Waals surface area contributed by atoms with Gasteiger partial charge in [0.2, 0.25) is 0 Å². The summed E-state index contributed by atoms with van der Waals surface area (Å²) in [6, 6.07) is 0. The molecular weight excluding hydrogens is 140 g/mol. The van der Waals surface area contributed by atoms with E-state index in [2.05, 4.69) is 6.58 Å². The lowest BCUT2D eigenvalue weighted by Crippen LogP contribution is -1.94. The fourth-order valence-electron chi connectivity index (χ4n) is 0.814. The van der Waals surface area contributed by atoms with Gasteiger partial charge in [0.15, 0.2) is 0 Å². The summed E-state index contributed by atoms with van der Waals surface area (Å²) in [7, 11) is 0. The van der Waals surface area contributed by atoms with E-state index < -0.39 is 5.97 Å². The van der Waals surface area contributed by atoms with Crippen LogP contribution in [0.2, 0.25) is 0 Å². The van der Waals surface area contributed by atoms with Crippen LogP contribution in [-0.4, -0.2) is 11.1 Å². The van der Waals surface area contributed by atoms with Gasteiger partial charge in [0.25, 0.3) is 0 Å². The predicted octanol–water partition coefficient (Wildman–Crippen LogP) is 2.23. The third-order valence-corrected chi connectivity index (χ3v) is 1.50. The highest BCUT2D eigenvalue weighted by atomic mass is 16.4. The molecule has 0 heterocycles. The molecule has 0 aliphatic carbocycles. The minimum Gasteiger partial charge on any atom is -0.478 e. The maximum absolute atomic E-state index is 10.1. The molecule has 0 amide bonds. The highest BCUT2D eigenvalue weighted by molar-refractivity contribution is 5.79. The summed E-state index contributed by atoms with van der Waals surface area (Å²) < 4.78 is 0. The number of hydrogen-bond acceptors (Lipinski definition) is 1. The number of carboxylic acids is 1. The van der Waals surface area contributed by atoms with Crippen molar-refractivity contribution in [3.8, 4) is 0 Å². The van der Waals surface area contributed by atoms with Crippen LogP contribution in [0.3, 0.4) is 0 Å². The Hall–Kier alpha value is -1.05. The maximum atomic E-state index is 10.1. The first-order valence-corrected chi connectivity index (χ1v) is 3.72. The first-order valence-electron chi connectivity index (χ1n) is 3.72. The maximum Gasteiger partial charge on any atom is 0.327 e. The van der Waals surface area contributed by atoms with E-state index >= 15 is 0 Å². The first-order chi connectivity index (χ1) is 5.20. The molecular formula is C9H14O2. The molecule has 0 aromatic rings. The van der Waals surface area contributed by atoms with Crippen LogP contribution >= 0.6 is 0 Å². The molecule has 1 N–H and O–H groups in total. The van der Waals surface area contributed by atoms with Crippen molar-refractivity contribution in [2.45, 2.75) is 19.8 Å². The van der Waals surface area contributed by atoms with Gasteiger partial charge in [0.05, 0.1) is 0 Å². The van der Waals surface area contributed by atoms with Crippen molar-refractivity contribution in [2.24, 2.45) is 5.92 Å². The molecule has 0 aromatic heterocycles. The van der Waals surface area contributed by atoms with Gasteiger partial charge in [-0.05, 0) is 18.8 Å². The molecule has 0 saturated carbocycles. The largest absolute Gasteiger partial charge is 0.478 e. The molecule has 0 aromatic carbocycles. The van der Waals surface area contributed by atoms with Gasteiger partial charge in [-0.2, -0.15) is 0 Å². The normalized spacial score (nSPS) is 13.2. The zero-order chi connectivity index (χ0) is 8.69. The zero-order valence-electron chi connectivity index (χ0n) is 6.79. The molecule has 0 rings (SSSR count). The third kappa shape index (κ3) is 5.40. The van der Waals surface area contributed by atoms with Crippen molar-refractivity contribution in [2.75, 3.05) is 0 Å². The monoisotopic (exact) mass is 154 g/mol. The van der Waals surface area contributed by atoms with Crippen LogP contribution in [0, 0.1) is 5.92 Å². The van der Waals surface area contributed by atoms with Crippen LogP contribution in [0.5, 0.6) is 0 Å². The van der Waals surface area contributed by atoms with E-state index in [-0.39, 0.29) is 0 Å². The lowest BCUT2D eigenvalue weighted by Gasteiger charge is -2.03. The molecule has 0 bridgehead atoms. The zero-order valence-corrected chi connectivity index (χ0v) is 6.79. The standard InChI is InChI=1S/C9H14O2/c1-3-5-8(4-2)6-7-9(10)11/h3,6-8H,1,4-5H2,2H3,(H,10,11)/b7-6+.